The van der Waals surface area contributed by atoms with E-state index in [1.54, 1.807) is 11.3 Å². The fraction of sp³-hybridized carbons (Fsp3) is 0.312. The first-order valence-corrected chi connectivity index (χ1v) is 7.87. The molecule has 2 aromatic rings. The minimum Gasteiger partial charge on any atom is -0.361 e. The maximum atomic E-state index is 12.8. The molecule has 0 spiro atoms. The van der Waals surface area contributed by atoms with Gasteiger partial charge in [0.05, 0.1) is 5.56 Å². The van der Waals surface area contributed by atoms with Crippen molar-refractivity contribution in [1.29, 1.82) is 0 Å². The maximum absolute atomic E-state index is 12.8. The molecular formula is C16H18N2OS. The van der Waals surface area contributed by atoms with Crippen LogP contribution in [-0.4, -0.2) is 16.8 Å². The van der Waals surface area contributed by atoms with E-state index in [1.807, 2.05) is 29.2 Å². The molecule has 1 aromatic heterocycles. The average Bonchev–Trinajstić information content (AvgIpc) is 3.00. The SMILES string of the molecule is CC[C@@H](C)N1C(=O)c2ccccc2N[C@@H]1c1ccsc1. The van der Waals surface area contributed by atoms with Gasteiger partial charge in [-0.3, -0.25) is 4.79 Å². The lowest BCUT2D eigenvalue weighted by Crippen LogP contribution is -2.47. The van der Waals surface area contributed by atoms with Gasteiger partial charge in [0.15, 0.2) is 0 Å². The molecule has 2 heterocycles. The van der Waals surface area contributed by atoms with Gasteiger partial charge in [0.1, 0.15) is 6.17 Å². The van der Waals surface area contributed by atoms with Crippen LogP contribution in [0.1, 0.15) is 42.4 Å². The number of rotatable bonds is 3. The molecule has 0 aliphatic carbocycles. The molecule has 1 amide bonds. The summed E-state index contributed by atoms with van der Waals surface area (Å²) in [6.45, 7) is 4.22. The molecule has 20 heavy (non-hydrogen) atoms. The summed E-state index contributed by atoms with van der Waals surface area (Å²) in [4.78, 5) is 14.8. The highest BCUT2D eigenvalue weighted by atomic mass is 32.1. The van der Waals surface area contributed by atoms with Gasteiger partial charge in [-0.15, -0.1) is 0 Å². The Kier molecular flexibility index (Phi) is 3.49. The van der Waals surface area contributed by atoms with Gasteiger partial charge in [-0.05, 0) is 42.3 Å². The van der Waals surface area contributed by atoms with E-state index in [9.17, 15) is 4.79 Å². The zero-order valence-electron chi connectivity index (χ0n) is 11.7. The molecule has 3 rings (SSSR count). The summed E-state index contributed by atoms with van der Waals surface area (Å²) in [5, 5.41) is 7.66. The average molecular weight is 286 g/mol. The first kappa shape index (κ1) is 13.2. The molecular weight excluding hydrogens is 268 g/mol. The van der Waals surface area contributed by atoms with Crippen LogP contribution in [0.2, 0.25) is 0 Å². The minimum atomic E-state index is -0.0707. The van der Waals surface area contributed by atoms with Crippen molar-refractivity contribution >= 4 is 22.9 Å². The zero-order chi connectivity index (χ0) is 14.1. The minimum absolute atomic E-state index is 0.0707. The molecule has 0 saturated carbocycles. The number of fused-ring (bicyclic) bond motifs is 1. The number of anilines is 1. The van der Waals surface area contributed by atoms with Gasteiger partial charge in [0, 0.05) is 17.3 Å². The lowest BCUT2D eigenvalue weighted by atomic mass is 10.0. The number of para-hydroxylation sites is 1. The van der Waals surface area contributed by atoms with E-state index in [0.717, 1.165) is 23.2 Å². The highest BCUT2D eigenvalue weighted by molar-refractivity contribution is 7.08. The molecule has 1 aromatic carbocycles. The molecule has 1 aliphatic rings. The molecule has 2 atom stereocenters. The molecule has 0 saturated heterocycles. The Bertz CT molecular complexity index is 609. The van der Waals surface area contributed by atoms with Crippen LogP contribution in [0.3, 0.4) is 0 Å². The number of nitrogens with zero attached hydrogens (tertiary/aromatic N) is 1. The van der Waals surface area contributed by atoms with E-state index in [1.165, 1.54) is 0 Å². The lowest BCUT2D eigenvalue weighted by molar-refractivity contribution is 0.0594. The fourth-order valence-electron chi connectivity index (χ4n) is 2.59. The zero-order valence-corrected chi connectivity index (χ0v) is 12.5. The van der Waals surface area contributed by atoms with Gasteiger partial charge in [-0.1, -0.05) is 19.1 Å². The number of thiophene rings is 1. The van der Waals surface area contributed by atoms with Gasteiger partial charge in [0.25, 0.3) is 5.91 Å². The molecule has 104 valence electrons. The van der Waals surface area contributed by atoms with Gasteiger partial charge in [-0.25, -0.2) is 0 Å². The van der Waals surface area contributed by atoms with Crippen LogP contribution >= 0.6 is 11.3 Å². The summed E-state index contributed by atoms with van der Waals surface area (Å²) < 4.78 is 0. The molecule has 1 aliphatic heterocycles. The quantitative estimate of drug-likeness (QED) is 0.920. The Labute approximate surface area is 123 Å². The number of carbonyl (C=O) groups excluding carboxylic acids is 1. The van der Waals surface area contributed by atoms with E-state index < -0.39 is 0 Å². The van der Waals surface area contributed by atoms with Crippen molar-refractivity contribution in [2.45, 2.75) is 32.5 Å². The Morgan fingerprint density at radius 1 is 1.35 bits per heavy atom. The predicted molar refractivity (Wildman–Crippen MR) is 83.0 cm³/mol. The van der Waals surface area contributed by atoms with Gasteiger partial charge < -0.3 is 10.2 Å². The summed E-state index contributed by atoms with van der Waals surface area (Å²) in [5.41, 5.74) is 2.84. The second-order valence-corrected chi connectivity index (χ2v) is 5.90. The molecule has 0 radical (unpaired) electrons. The second kappa shape index (κ2) is 5.29. The summed E-state index contributed by atoms with van der Waals surface area (Å²) in [5.74, 6) is 0.116. The number of nitrogens with one attached hydrogen (secondary N) is 1. The third-order valence-electron chi connectivity index (χ3n) is 3.89. The van der Waals surface area contributed by atoms with Crippen molar-refractivity contribution in [3.8, 4) is 0 Å². The third-order valence-corrected chi connectivity index (χ3v) is 4.59. The van der Waals surface area contributed by atoms with E-state index in [-0.39, 0.29) is 18.1 Å². The van der Waals surface area contributed by atoms with Crippen LogP contribution in [0.4, 0.5) is 5.69 Å². The number of amides is 1. The van der Waals surface area contributed by atoms with E-state index >= 15 is 0 Å². The van der Waals surface area contributed by atoms with E-state index in [0.29, 0.717) is 0 Å². The monoisotopic (exact) mass is 286 g/mol. The Balaban J connectivity index is 2.07. The van der Waals surface area contributed by atoms with Crippen molar-refractivity contribution in [2.24, 2.45) is 0 Å². The number of hydrogen-bond donors (Lipinski definition) is 1. The summed E-state index contributed by atoms with van der Waals surface area (Å²) in [6.07, 6.45) is 0.870. The van der Waals surface area contributed by atoms with Crippen LogP contribution in [0.25, 0.3) is 0 Å². The third kappa shape index (κ3) is 2.10. The fourth-order valence-corrected chi connectivity index (χ4v) is 3.27. The predicted octanol–water partition coefficient (Wildman–Crippen LogP) is 4.11. The van der Waals surface area contributed by atoms with Crippen LogP contribution < -0.4 is 5.32 Å². The highest BCUT2D eigenvalue weighted by Gasteiger charge is 2.35. The van der Waals surface area contributed by atoms with E-state index in [2.05, 4.69) is 36.0 Å². The first-order valence-electron chi connectivity index (χ1n) is 6.92. The van der Waals surface area contributed by atoms with Crippen molar-refractivity contribution in [3.05, 3.63) is 52.2 Å². The van der Waals surface area contributed by atoms with E-state index in [4.69, 9.17) is 0 Å². The molecule has 0 fully saturated rings. The summed E-state index contributed by atoms with van der Waals surface area (Å²) in [7, 11) is 0. The molecule has 4 heteroatoms. The van der Waals surface area contributed by atoms with Crippen LogP contribution in [0.15, 0.2) is 41.1 Å². The maximum Gasteiger partial charge on any atom is 0.258 e. The largest absolute Gasteiger partial charge is 0.361 e. The molecule has 3 nitrogen and oxygen atoms in total. The second-order valence-electron chi connectivity index (χ2n) is 5.12. The normalized spacial score (nSPS) is 19.4. The van der Waals surface area contributed by atoms with Crippen molar-refractivity contribution in [3.63, 3.8) is 0 Å². The van der Waals surface area contributed by atoms with Gasteiger partial charge >= 0.3 is 0 Å². The van der Waals surface area contributed by atoms with Crippen LogP contribution in [0, 0.1) is 0 Å². The van der Waals surface area contributed by atoms with Gasteiger partial charge in [-0.2, -0.15) is 11.3 Å². The standard InChI is InChI=1S/C16H18N2OS/c1-3-11(2)18-15(12-8-9-20-10-12)17-14-7-5-4-6-13(14)16(18)19/h4-11,15,17H,3H2,1-2H3/t11-,15+/m1/s1. The smallest absolute Gasteiger partial charge is 0.258 e. The summed E-state index contributed by atoms with van der Waals surface area (Å²) in [6, 6.07) is 10.0. The van der Waals surface area contributed by atoms with Crippen LogP contribution in [-0.2, 0) is 0 Å². The van der Waals surface area contributed by atoms with Crippen LogP contribution in [0.5, 0.6) is 0 Å². The molecule has 1 N–H and O–H groups in total. The lowest BCUT2D eigenvalue weighted by Gasteiger charge is -2.41. The number of carbonyl (C=O) groups is 1. The Hall–Kier alpha value is -1.81. The topological polar surface area (TPSA) is 32.3 Å². The number of benzene rings is 1. The van der Waals surface area contributed by atoms with Crippen molar-refractivity contribution < 1.29 is 4.79 Å². The van der Waals surface area contributed by atoms with Crippen molar-refractivity contribution in [1.82, 2.24) is 4.90 Å². The van der Waals surface area contributed by atoms with Crippen molar-refractivity contribution in [2.75, 3.05) is 5.32 Å². The Morgan fingerprint density at radius 3 is 2.85 bits per heavy atom. The molecule has 0 bridgehead atoms. The molecule has 0 unspecified atom stereocenters. The Morgan fingerprint density at radius 2 is 2.15 bits per heavy atom. The number of hydrogen-bond acceptors (Lipinski definition) is 3. The first-order chi connectivity index (χ1) is 9.72. The highest BCUT2D eigenvalue weighted by Crippen LogP contribution is 2.35. The summed E-state index contributed by atoms with van der Waals surface area (Å²) >= 11 is 1.66. The van der Waals surface area contributed by atoms with Gasteiger partial charge in [0.2, 0.25) is 0 Å².